The summed E-state index contributed by atoms with van der Waals surface area (Å²) in [5.41, 5.74) is 1.55. The Kier molecular flexibility index (Phi) is 4.92. The first-order valence-corrected chi connectivity index (χ1v) is 5.47. The second-order valence-corrected chi connectivity index (χ2v) is 3.99. The molecule has 0 saturated heterocycles. The van der Waals surface area contributed by atoms with Crippen LogP contribution < -0.4 is 5.32 Å². The molecular formula is C12H18N2O2. The predicted molar refractivity (Wildman–Crippen MR) is 62.2 cm³/mol. The molecule has 88 valence electrons. The third kappa shape index (κ3) is 3.98. The number of amides is 1. The molecule has 1 rings (SSSR count). The van der Waals surface area contributed by atoms with E-state index in [1.165, 1.54) is 0 Å². The first-order valence-electron chi connectivity index (χ1n) is 5.47. The van der Waals surface area contributed by atoms with Gasteiger partial charge in [-0.05, 0) is 38.3 Å². The number of aliphatic hydroxyl groups excluding tert-OH is 1. The van der Waals surface area contributed by atoms with Gasteiger partial charge in [0.1, 0.15) is 0 Å². The number of rotatable bonds is 5. The predicted octanol–water partition coefficient (Wildman–Crippen LogP) is 1.28. The molecule has 0 saturated carbocycles. The lowest BCUT2D eigenvalue weighted by molar-refractivity contribution is 0.0936. The van der Waals surface area contributed by atoms with Crippen LogP contribution in [-0.2, 0) is 0 Å². The van der Waals surface area contributed by atoms with Gasteiger partial charge in [0, 0.05) is 25.0 Å². The summed E-state index contributed by atoms with van der Waals surface area (Å²) in [6.07, 6.45) is 4.75. The average molecular weight is 222 g/mol. The first kappa shape index (κ1) is 12.6. The molecule has 0 aliphatic carbocycles. The fraction of sp³-hybridized carbons (Fsp3) is 0.500. The van der Waals surface area contributed by atoms with E-state index in [4.69, 9.17) is 5.11 Å². The van der Waals surface area contributed by atoms with Crippen LogP contribution in [0.2, 0.25) is 0 Å². The van der Waals surface area contributed by atoms with E-state index >= 15 is 0 Å². The maximum absolute atomic E-state index is 11.8. The first-order chi connectivity index (χ1) is 7.63. The highest BCUT2D eigenvalue weighted by molar-refractivity contribution is 5.94. The summed E-state index contributed by atoms with van der Waals surface area (Å²) in [6.45, 7) is 3.99. The number of carbonyl (C=O) groups excluding carboxylic acids is 1. The van der Waals surface area contributed by atoms with E-state index in [1.807, 2.05) is 13.8 Å². The lowest BCUT2D eigenvalue weighted by Crippen LogP contribution is -2.32. The van der Waals surface area contributed by atoms with Crippen molar-refractivity contribution in [2.45, 2.75) is 32.7 Å². The highest BCUT2D eigenvalue weighted by atomic mass is 16.2. The highest BCUT2D eigenvalue weighted by Gasteiger charge is 2.09. The molecular weight excluding hydrogens is 204 g/mol. The zero-order valence-electron chi connectivity index (χ0n) is 9.73. The molecule has 1 unspecified atom stereocenters. The molecule has 0 aromatic carbocycles. The number of hydrogen-bond acceptors (Lipinski definition) is 3. The summed E-state index contributed by atoms with van der Waals surface area (Å²) in [7, 11) is 0. The molecule has 1 heterocycles. The Morgan fingerprint density at radius 2 is 2.31 bits per heavy atom. The standard InChI is InChI=1S/C12H18N2O2/c1-9-6-11(8-13-7-9)12(16)14-10(2)4-3-5-15/h6-8,10,15H,3-5H2,1-2H3,(H,14,16). The van der Waals surface area contributed by atoms with Gasteiger partial charge in [0.05, 0.1) is 5.56 Å². The zero-order chi connectivity index (χ0) is 12.0. The lowest BCUT2D eigenvalue weighted by atomic mass is 10.1. The number of aliphatic hydroxyl groups is 1. The molecule has 0 radical (unpaired) electrons. The van der Waals surface area contributed by atoms with Crippen molar-refractivity contribution < 1.29 is 9.90 Å². The Hall–Kier alpha value is -1.42. The van der Waals surface area contributed by atoms with Gasteiger partial charge >= 0.3 is 0 Å². The van der Waals surface area contributed by atoms with Crippen LogP contribution in [0.4, 0.5) is 0 Å². The smallest absolute Gasteiger partial charge is 0.253 e. The Morgan fingerprint density at radius 3 is 2.94 bits per heavy atom. The van der Waals surface area contributed by atoms with Gasteiger partial charge < -0.3 is 10.4 Å². The van der Waals surface area contributed by atoms with E-state index < -0.39 is 0 Å². The number of carbonyl (C=O) groups is 1. The Morgan fingerprint density at radius 1 is 1.56 bits per heavy atom. The van der Waals surface area contributed by atoms with Gasteiger partial charge in [0.25, 0.3) is 5.91 Å². The van der Waals surface area contributed by atoms with Crippen molar-refractivity contribution in [2.75, 3.05) is 6.61 Å². The van der Waals surface area contributed by atoms with Crippen LogP contribution in [0.15, 0.2) is 18.5 Å². The minimum absolute atomic E-state index is 0.0696. The molecule has 16 heavy (non-hydrogen) atoms. The number of aryl methyl sites for hydroxylation is 1. The van der Waals surface area contributed by atoms with Crippen LogP contribution in [-0.4, -0.2) is 28.6 Å². The van der Waals surface area contributed by atoms with Crippen LogP contribution in [0.3, 0.4) is 0 Å². The summed E-state index contributed by atoms with van der Waals surface area (Å²) in [5, 5.41) is 11.5. The topological polar surface area (TPSA) is 62.2 Å². The van der Waals surface area contributed by atoms with Crippen molar-refractivity contribution in [1.29, 1.82) is 0 Å². The van der Waals surface area contributed by atoms with E-state index in [0.29, 0.717) is 12.0 Å². The summed E-state index contributed by atoms with van der Waals surface area (Å²) >= 11 is 0. The summed E-state index contributed by atoms with van der Waals surface area (Å²) in [4.78, 5) is 15.7. The van der Waals surface area contributed by atoms with Crippen molar-refractivity contribution in [3.8, 4) is 0 Å². The number of nitrogens with zero attached hydrogens (tertiary/aromatic N) is 1. The van der Waals surface area contributed by atoms with Gasteiger partial charge in [0.2, 0.25) is 0 Å². The molecule has 2 N–H and O–H groups in total. The molecule has 1 aromatic heterocycles. The third-order valence-corrected chi connectivity index (χ3v) is 2.31. The SMILES string of the molecule is Cc1cncc(C(=O)NC(C)CCCO)c1. The van der Waals surface area contributed by atoms with Gasteiger partial charge in [0.15, 0.2) is 0 Å². The van der Waals surface area contributed by atoms with Crippen molar-refractivity contribution in [3.63, 3.8) is 0 Å². The van der Waals surface area contributed by atoms with Crippen molar-refractivity contribution in [3.05, 3.63) is 29.6 Å². The molecule has 1 aromatic rings. The fourth-order valence-corrected chi connectivity index (χ4v) is 1.46. The monoisotopic (exact) mass is 222 g/mol. The molecule has 0 aliphatic heterocycles. The number of nitrogens with one attached hydrogen (secondary N) is 1. The van der Waals surface area contributed by atoms with Crippen molar-refractivity contribution in [1.82, 2.24) is 10.3 Å². The van der Waals surface area contributed by atoms with Gasteiger partial charge in [-0.25, -0.2) is 0 Å². The summed E-state index contributed by atoms with van der Waals surface area (Å²) < 4.78 is 0. The quantitative estimate of drug-likeness (QED) is 0.789. The molecule has 0 fully saturated rings. The van der Waals surface area contributed by atoms with Crippen molar-refractivity contribution >= 4 is 5.91 Å². The maximum atomic E-state index is 11.8. The summed E-state index contributed by atoms with van der Waals surface area (Å²) in [6, 6.07) is 1.88. The summed E-state index contributed by atoms with van der Waals surface area (Å²) in [5.74, 6) is -0.110. The van der Waals surface area contributed by atoms with E-state index in [1.54, 1.807) is 18.5 Å². The molecule has 4 heteroatoms. The third-order valence-electron chi connectivity index (χ3n) is 2.31. The molecule has 1 atom stereocenters. The van der Waals surface area contributed by atoms with Gasteiger partial charge in [-0.1, -0.05) is 0 Å². The fourth-order valence-electron chi connectivity index (χ4n) is 1.46. The molecule has 1 amide bonds. The molecule has 4 nitrogen and oxygen atoms in total. The number of pyridine rings is 1. The Balaban J connectivity index is 2.52. The minimum atomic E-state index is -0.110. The average Bonchev–Trinajstić information content (AvgIpc) is 2.26. The van der Waals surface area contributed by atoms with E-state index in [2.05, 4.69) is 10.3 Å². The van der Waals surface area contributed by atoms with E-state index in [9.17, 15) is 4.79 Å². The Bertz CT molecular complexity index is 353. The molecule has 0 spiro atoms. The van der Waals surface area contributed by atoms with E-state index in [-0.39, 0.29) is 18.6 Å². The normalized spacial score (nSPS) is 12.2. The van der Waals surface area contributed by atoms with Crippen molar-refractivity contribution in [2.24, 2.45) is 0 Å². The van der Waals surface area contributed by atoms with Crippen LogP contribution in [0, 0.1) is 6.92 Å². The minimum Gasteiger partial charge on any atom is -0.396 e. The largest absolute Gasteiger partial charge is 0.396 e. The maximum Gasteiger partial charge on any atom is 0.253 e. The molecule has 0 aliphatic rings. The zero-order valence-corrected chi connectivity index (χ0v) is 9.73. The van der Waals surface area contributed by atoms with Crippen LogP contribution in [0.1, 0.15) is 35.7 Å². The van der Waals surface area contributed by atoms with Crippen LogP contribution in [0.5, 0.6) is 0 Å². The van der Waals surface area contributed by atoms with Crippen LogP contribution in [0.25, 0.3) is 0 Å². The van der Waals surface area contributed by atoms with Crippen LogP contribution >= 0.6 is 0 Å². The highest BCUT2D eigenvalue weighted by Crippen LogP contribution is 2.03. The van der Waals surface area contributed by atoms with Gasteiger partial charge in [-0.2, -0.15) is 0 Å². The second-order valence-electron chi connectivity index (χ2n) is 3.99. The van der Waals surface area contributed by atoms with Gasteiger partial charge in [-0.15, -0.1) is 0 Å². The number of hydrogen-bond donors (Lipinski definition) is 2. The van der Waals surface area contributed by atoms with E-state index in [0.717, 1.165) is 12.0 Å². The van der Waals surface area contributed by atoms with Gasteiger partial charge in [-0.3, -0.25) is 9.78 Å². The second kappa shape index (κ2) is 6.23. The molecule has 0 bridgehead atoms. The number of aromatic nitrogens is 1. The Labute approximate surface area is 95.7 Å². The lowest BCUT2D eigenvalue weighted by Gasteiger charge is -2.13.